The Morgan fingerprint density at radius 1 is 1.35 bits per heavy atom. The highest BCUT2D eigenvalue weighted by molar-refractivity contribution is 7.80. The number of benzene rings is 1. The number of rotatable bonds is 3. The highest BCUT2D eigenvalue weighted by Gasteiger charge is 2.20. The maximum absolute atomic E-state index is 5.25. The number of H-pyrrole nitrogens is 1. The number of aromatic amines is 1. The highest BCUT2D eigenvalue weighted by Crippen LogP contribution is 2.27. The molecule has 0 amide bonds. The monoisotopic (exact) mass is 245 g/mol. The summed E-state index contributed by atoms with van der Waals surface area (Å²) in [6.07, 6.45) is 4.62. The third-order valence-corrected chi connectivity index (χ3v) is 3.31. The molecule has 1 aliphatic carbocycles. The molecule has 0 unspecified atom stereocenters. The van der Waals surface area contributed by atoms with Crippen LogP contribution in [0.4, 0.5) is 5.69 Å². The number of aromatic nitrogens is 1. The standard InChI is InChI=1S/C13H15N3S/c17-13(15-8-9-1-2-9)16-11-3-4-12-10(7-11)5-6-14-12/h3-7,9,14H,1-2,8H2,(H2,15,16,17). The predicted octanol–water partition coefficient (Wildman–Crippen LogP) is 2.86. The second-order valence-electron chi connectivity index (χ2n) is 4.56. The van der Waals surface area contributed by atoms with E-state index in [1.165, 1.54) is 18.2 Å². The van der Waals surface area contributed by atoms with Gasteiger partial charge in [-0.05, 0) is 55.2 Å². The van der Waals surface area contributed by atoms with Gasteiger partial charge in [-0.2, -0.15) is 0 Å². The van der Waals surface area contributed by atoms with Gasteiger partial charge in [0.25, 0.3) is 0 Å². The van der Waals surface area contributed by atoms with Crippen LogP contribution < -0.4 is 10.6 Å². The molecule has 1 aromatic heterocycles. The van der Waals surface area contributed by atoms with Gasteiger partial charge in [-0.1, -0.05) is 0 Å². The lowest BCUT2D eigenvalue weighted by molar-refractivity contribution is 0.777. The fourth-order valence-corrected chi connectivity index (χ4v) is 2.07. The summed E-state index contributed by atoms with van der Waals surface area (Å²) in [5.41, 5.74) is 2.18. The third-order valence-electron chi connectivity index (χ3n) is 3.06. The lowest BCUT2D eigenvalue weighted by Gasteiger charge is -2.09. The summed E-state index contributed by atoms with van der Waals surface area (Å²) < 4.78 is 0. The van der Waals surface area contributed by atoms with Gasteiger partial charge >= 0.3 is 0 Å². The molecule has 0 atom stereocenters. The SMILES string of the molecule is S=C(NCC1CC1)Nc1ccc2[nH]ccc2c1. The Labute approximate surface area is 106 Å². The van der Waals surface area contributed by atoms with Crippen LogP contribution in [0.3, 0.4) is 0 Å². The molecule has 0 spiro atoms. The van der Waals surface area contributed by atoms with Gasteiger partial charge in [0, 0.05) is 29.3 Å². The van der Waals surface area contributed by atoms with Crippen LogP contribution in [0.15, 0.2) is 30.5 Å². The van der Waals surface area contributed by atoms with E-state index >= 15 is 0 Å². The Bertz CT molecular complexity index is 542. The van der Waals surface area contributed by atoms with Crippen molar-refractivity contribution < 1.29 is 0 Å². The zero-order chi connectivity index (χ0) is 11.7. The summed E-state index contributed by atoms with van der Waals surface area (Å²) >= 11 is 5.25. The molecule has 1 heterocycles. The summed E-state index contributed by atoms with van der Waals surface area (Å²) in [4.78, 5) is 3.17. The summed E-state index contributed by atoms with van der Waals surface area (Å²) in [5.74, 6) is 0.835. The average Bonchev–Trinajstić information content (AvgIpc) is 3.04. The molecule has 4 heteroatoms. The van der Waals surface area contributed by atoms with Crippen molar-refractivity contribution in [3.63, 3.8) is 0 Å². The molecule has 0 aliphatic heterocycles. The minimum atomic E-state index is 0.715. The topological polar surface area (TPSA) is 39.8 Å². The zero-order valence-electron chi connectivity index (χ0n) is 9.49. The Morgan fingerprint density at radius 2 is 2.24 bits per heavy atom. The van der Waals surface area contributed by atoms with Crippen molar-refractivity contribution >= 4 is 33.9 Å². The number of hydrogen-bond donors (Lipinski definition) is 3. The van der Waals surface area contributed by atoms with Crippen LogP contribution in [0.2, 0.25) is 0 Å². The van der Waals surface area contributed by atoms with Gasteiger partial charge in [-0.15, -0.1) is 0 Å². The number of anilines is 1. The normalized spacial score (nSPS) is 14.8. The van der Waals surface area contributed by atoms with Crippen molar-refractivity contribution in [3.8, 4) is 0 Å². The van der Waals surface area contributed by atoms with Crippen molar-refractivity contribution in [3.05, 3.63) is 30.5 Å². The van der Waals surface area contributed by atoms with E-state index in [1.807, 2.05) is 12.3 Å². The van der Waals surface area contributed by atoms with Crippen LogP contribution in [0, 0.1) is 5.92 Å². The van der Waals surface area contributed by atoms with Gasteiger partial charge in [0.2, 0.25) is 0 Å². The fourth-order valence-electron chi connectivity index (χ4n) is 1.87. The van der Waals surface area contributed by atoms with Gasteiger partial charge in [0.1, 0.15) is 0 Å². The molecule has 1 fully saturated rings. The van der Waals surface area contributed by atoms with Crippen molar-refractivity contribution in [1.82, 2.24) is 10.3 Å². The van der Waals surface area contributed by atoms with Crippen LogP contribution in [0.5, 0.6) is 0 Å². The van der Waals surface area contributed by atoms with E-state index in [0.717, 1.165) is 23.7 Å². The quantitative estimate of drug-likeness (QED) is 0.728. The van der Waals surface area contributed by atoms with Crippen molar-refractivity contribution in [2.75, 3.05) is 11.9 Å². The maximum Gasteiger partial charge on any atom is 0.170 e. The lowest BCUT2D eigenvalue weighted by Crippen LogP contribution is -2.30. The Hall–Kier alpha value is -1.55. The molecule has 17 heavy (non-hydrogen) atoms. The molecule has 3 rings (SSSR count). The molecular formula is C13H15N3S. The molecule has 0 bridgehead atoms. The van der Waals surface area contributed by atoms with E-state index in [1.54, 1.807) is 0 Å². The first-order valence-corrected chi connectivity index (χ1v) is 6.34. The number of nitrogens with one attached hydrogen (secondary N) is 3. The van der Waals surface area contributed by atoms with Gasteiger partial charge in [-0.25, -0.2) is 0 Å². The van der Waals surface area contributed by atoms with Gasteiger partial charge < -0.3 is 15.6 Å². The second-order valence-corrected chi connectivity index (χ2v) is 4.97. The molecule has 2 aromatic rings. The summed E-state index contributed by atoms with van der Waals surface area (Å²) in [7, 11) is 0. The molecule has 1 saturated carbocycles. The molecular weight excluding hydrogens is 230 g/mol. The molecule has 0 saturated heterocycles. The number of thiocarbonyl (C=S) groups is 1. The first-order chi connectivity index (χ1) is 8.31. The lowest BCUT2D eigenvalue weighted by atomic mass is 10.2. The van der Waals surface area contributed by atoms with Crippen LogP contribution in [-0.4, -0.2) is 16.6 Å². The van der Waals surface area contributed by atoms with Crippen LogP contribution in [0.1, 0.15) is 12.8 Å². The molecule has 1 aliphatic rings. The number of fused-ring (bicyclic) bond motifs is 1. The summed E-state index contributed by atoms with van der Waals surface area (Å²) in [6.45, 7) is 0.998. The Kier molecular flexibility index (Phi) is 2.73. The Balaban J connectivity index is 1.64. The van der Waals surface area contributed by atoms with Crippen LogP contribution >= 0.6 is 12.2 Å². The minimum Gasteiger partial charge on any atom is -0.362 e. The van der Waals surface area contributed by atoms with Gasteiger partial charge in [0.05, 0.1) is 0 Å². The molecule has 3 nitrogen and oxygen atoms in total. The first kappa shape index (κ1) is 10.6. The molecule has 1 aromatic carbocycles. The largest absolute Gasteiger partial charge is 0.362 e. The summed E-state index contributed by atoms with van der Waals surface area (Å²) in [6, 6.07) is 8.24. The second kappa shape index (κ2) is 4.37. The van der Waals surface area contributed by atoms with E-state index < -0.39 is 0 Å². The van der Waals surface area contributed by atoms with Gasteiger partial charge in [0.15, 0.2) is 5.11 Å². The van der Waals surface area contributed by atoms with Crippen LogP contribution in [0.25, 0.3) is 10.9 Å². The predicted molar refractivity (Wildman–Crippen MR) is 75.2 cm³/mol. The highest BCUT2D eigenvalue weighted by atomic mass is 32.1. The van der Waals surface area contributed by atoms with Crippen molar-refractivity contribution in [2.45, 2.75) is 12.8 Å². The molecule has 88 valence electrons. The smallest absolute Gasteiger partial charge is 0.170 e. The maximum atomic E-state index is 5.25. The third kappa shape index (κ3) is 2.58. The van der Waals surface area contributed by atoms with E-state index in [4.69, 9.17) is 12.2 Å². The first-order valence-electron chi connectivity index (χ1n) is 5.93. The Morgan fingerprint density at radius 3 is 3.06 bits per heavy atom. The van der Waals surface area contributed by atoms with E-state index in [0.29, 0.717) is 5.11 Å². The zero-order valence-corrected chi connectivity index (χ0v) is 10.3. The van der Waals surface area contributed by atoms with E-state index in [9.17, 15) is 0 Å². The number of hydrogen-bond acceptors (Lipinski definition) is 1. The molecule has 0 radical (unpaired) electrons. The van der Waals surface area contributed by atoms with Crippen molar-refractivity contribution in [2.24, 2.45) is 5.92 Å². The minimum absolute atomic E-state index is 0.715. The van der Waals surface area contributed by atoms with E-state index in [2.05, 4.69) is 33.8 Å². The average molecular weight is 245 g/mol. The van der Waals surface area contributed by atoms with E-state index in [-0.39, 0.29) is 0 Å². The van der Waals surface area contributed by atoms with Gasteiger partial charge in [-0.3, -0.25) is 0 Å². The fraction of sp³-hybridized carbons (Fsp3) is 0.308. The summed E-state index contributed by atoms with van der Waals surface area (Å²) in [5, 5.41) is 8.37. The molecule has 3 N–H and O–H groups in total. The van der Waals surface area contributed by atoms with Crippen LogP contribution in [-0.2, 0) is 0 Å². The van der Waals surface area contributed by atoms with Crippen molar-refractivity contribution in [1.29, 1.82) is 0 Å².